The van der Waals surface area contributed by atoms with E-state index in [1.165, 1.54) is 16.7 Å². The van der Waals surface area contributed by atoms with Gasteiger partial charge in [-0.05, 0) is 99.7 Å². The van der Waals surface area contributed by atoms with E-state index >= 15 is 0 Å². The van der Waals surface area contributed by atoms with E-state index in [0.717, 1.165) is 74.8 Å². The van der Waals surface area contributed by atoms with Crippen molar-refractivity contribution in [3.63, 3.8) is 0 Å². The van der Waals surface area contributed by atoms with Gasteiger partial charge < -0.3 is 4.57 Å². The maximum Gasteiger partial charge on any atom is 0.101 e. The summed E-state index contributed by atoms with van der Waals surface area (Å²) in [6, 6.07) is 48.6. The molecule has 4 heteroatoms. The van der Waals surface area contributed by atoms with Crippen LogP contribution in [0.4, 0.5) is 0 Å². The predicted molar refractivity (Wildman–Crippen MR) is 221 cm³/mol. The number of nitriles is 2. The minimum atomic E-state index is 0.232. The van der Waals surface area contributed by atoms with E-state index in [9.17, 15) is 10.5 Å². The summed E-state index contributed by atoms with van der Waals surface area (Å²) >= 11 is 0. The molecule has 258 valence electrons. The fraction of sp³-hybridized carbons (Fsp3) is 0.100. The normalized spacial score (nSPS) is 13.0. The summed E-state index contributed by atoms with van der Waals surface area (Å²) < 4.78 is 2.14. The second-order valence-corrected chi connectivity index (χ2v) is 13.6. The summed E-state index contributed by atoms with van der Waals surface area (Å²) in [5.74, 6) is 0.232. The molecule has 1 aliphatic carbocycles. The van der Waals surface area contributed by atoms with Gasteiger partial charge in [0.15, 0.2) is 0 Å². The van der Waals surface area contributed by atoms with E-state index in [-0.39, 0.29) is 5.92 Å². The van der Waals surface area contributed by atoms with Crippen molar-refractivity contribution in [3.8, 4) is 51.2 Å². The van der Waals surface area contributed by atoms with E-state index in [2.05, 4.69) is 126 Å². The van der Waals surface area contributed by atoms with Gasteiger partial charge in [-0.2, -0.15) is 10.5 Å². The zero-order chi connectivity index (χ0) is 37.0. The minimum absolute atomic E-state index is 0.232. The lowest BCUT2D eigenvalue weighted by atomic mass is 9.80. The molecule has 1 aliphatic rings. The van der Waals surface area contributed by atoms with Gasteiger partial charge >= 0.3 is 0 Å². The number of benzene rings is 5. The highest BCUT2D eigenvalue weighted by Gasteiger charge is 2.28. The van der Waals surface area contributed by atoms with Crippen molar-refractivity contribution in [1.82, 2.24) is 9.55 Å². The molecule has 2 aromatic heterocycles. The van der Waals surface area contributed by atoms with Crippen molar-refractivity contribution < 1.29 is 0 Å². The lowest BCUT2D eigenvalue weighted by Crippen LogP contribution is -2.11. The van der Waals surface area contributed by atoms with Crippen LogP contribution in [0.2, 0.25) is 0 Å². The molecule has 1 atom stereocenters. The summed E-state index contributed by atoms with van der Waals surface area (Å²) in [4.78, 5) is 4.53. The van der Waals surface area contributed by atoms with E-state index in [4.69, 9.17) is 0 Å². The molecule has 0 saturated carbocycles. The van der Waals surface area contributed by atoms with E-state index in [0.29, 0.717) is 16.8 Å². The first-order valence-electron chi connectivity index (χ1n) is 18.4. The Kier molecular flexibility index (Phi) is 9.42. The number of nitrogens with zero attached hydrogens (tertiary/aromatic N) is 4. The van der Waals surface area contributed by atoms with E-state index in [1.54, 1.807) is 6.20 Å². The monoisotopic (exact) mass is 694 g/mol. The Morgan fingerprint density at radius 1 is 0.759 bits per heavy atom. The van der Waals surface area contributed by atoms with Crippen LogP contribution in [-0.4, -0.2) is 9.55 Å². The van der Waals surface area contributed by atoms with Crippen LogP contribution in [-0.2, 0) is 6.42 Å². The molecule has 0 amide bonds. The van der Waals surface area contributed by atoms with Crippen molar-refractivity contribution in [2.75, 3.05) is 0 Å². The average molecular weight is 695 g/mol. The van der Waals surface area contributed by atoms with E-state index in [1.807, 2.05) is 60.8 Å². The molecule has 1 unspecified atom stereocenters. The first-order valence-corrected chi connectivity index (χ1v) is 18.4. The van der Waals surface area contributed by atoms with Crippen molar-refractivity contribution in [3.05, 3.63) is 198 Å². The summed E-state index contributed by atoms with van der Waals surface area (Å²) in [6.07, 6.45) is 12.6. The molecule has 0 saturated heterocycles. The fourth-order valence-corrected chi connectivity index (χ4v) is 8.18. The Labute approximate surface area is 316 Å². The third kappa shape index (κ3) is 6.15. The van der Waals surface area contributed by atoms with Crippen LogP contribution < -0.4 is 0 Å². The number of hydrogen-bond acceptors (Lipinski definition) is 3. The van der Waals surface area contributed by atoms with Gasteiger partial charge in [-0.1, -0.05) is 129 Å². The van der Waals surface area contributed by atoms with Crippen LogP contribution in [0.1, 0.15) is 53.6 Å². The van der Waals surface area contributed by atoms with Crippen molar-refractivity contribution >= 4 is 17.0 Å². The van der Waals surface area contributed by atoms with Crippen LogP contribution in [0.3, 0.4) is 0 Å². The zero-order valence-electron chi connectivity index (χ0n) is 30.2. The quantitative estimate of drug-likeness (QED) is 0.141. The summed E-state index contributed by atoms with van der Waals surface area (Å²) in [7, 11) is 0. The molecular formula is C50H38N4. The van der Waals surface area contributed by atoms with Gasteiger partial charge in [0.2, 0.25) is 0 Å². The Hall–Kier alpha value is -7.01. The van der Waals surface area contributed by atoms with Crippen molar-refractivity contribution in [2.45, 2.75) is 32.1 Å². The van der Waals surface area contributed by atoms with Gasteiger partial charge in [-0.25, -0.2) is 0 Å². The van der Waals surface area contributed by atoms with Gasteiger partial charge in [0.05, 0.1) is 22.3 Å². The first kappa shape index (κ1) is 34.1. The van der Waals surface area contributed by atoms with Crippen LogP contribution in [0.5, 0.6) is 0 Å². The van der Waals surface area contributed by atoms with Gasteiger partial charge in [0, 0.05) is 35.0 Å². The topological polar surface area (TPSA) is 65.4 Å². The largest absolute Gasteiger partial charge is 0.310 e. The van der Waals surface area contributed by atoms with Gasteiger partial charge in [0.25, 0.3) is 0 Å². The summed E-state index contributed by atoms with van der Waals surface area (Å²) in [6.45, 7) is 6.30. The molecule has 7 aromatic rings. The molecule has 0 N–H and O–H groups in total. The lowest BCUT2D eigenvalue weighted by Gasteiger charge is -2.25. The number of pyridine rings is 1. The summed E-state index contributed by atoms with van der Waals surface area (Å²) in [5.41, 5.74) is 14.6. The van der Waals surface area contributed by atoms with Crippen molar-refractivity contribution in [1.29, 1.82) is 10.5 Å². The molecule has 0 aliphatic heterocycles. The Morgan fingerprint density at radius 3 is 2.09 bits per heavy atom. The first-order chi connectivity index (χ1) is 26.6. The highest BCUT2D eigenvalue weighted by atomic mass is 15.0. The summed E-state index contributed by atoms with van der Waals surface area (Å²) in [5, 5.41) is 22.6. The molecule has 54 heavy (non-hydrogen) atoms. The number of aromatic nitrogens is 2. The highest BCUT2D eigenvalue weighted by molar-refractivity contribution is 5.95. The molecule has 4 nitrogen and oxygen atoms in total. The third-order valence-corrected chi connectivity index (χ3v) is 10.6. The maximum atomic E-state index is 10.8. The van der Waals surface area contributed by atoms with Gasteiger partial charge in [-0.3, -0.25) is 4.98 Å². The maximum absolute atomic E-state index is 10.8. The average Bonchev–Trinajstić information content (AvgIpc) is 3.57. The number of rotatable bonds is 9. The van der Waals surface area contributed by atoms with Crippen molar-refractivity contribution in [2.24, 2.45) is 0 Å². The molecule has 8 rings (SSSR count). The zero-order valence-corrected chi connectivity index (χ0v) is 30.2. The Balaban J connectivity index is 1.27. The predicted octanol–water partition coefficient (Wildman–Crippen LogP) is 12.4. The van der Waals surface area contributed by atoms with E-state index < -0.39 is 0 Å². The molecule has 5 aromatic carbocycles. The SMILES string of the molecule is C=C/C=C(/C1=Cc2c(n(-c3c(C#N)cc(-c4ccccc4-c4cccc(-c5ccccc5)c4)cc3C#N)c3ccncc23)CC1)C(CC)c1ccccc1. The van der Waals surface area contributed by atoms with Gasteiger partial charge in [0.1, 0.15) is 12.1 Å². The molecule has 0 spiro atoms. The van der Waals surface area contributed by atoms with Crippen LogP contribution >= 0.6 is 0 Å². The lowest BCUT2D eigenvalue weighted by molar-refractivity contribution is 0.745. The molecule has 2 heterocycles. The number of allylic oxidation sites excluding steroid dienone is 4. The van der Waals surface area contributed by atoms with Crippen LogP contribution in [0.25, 0.3) is 56.0 Å². The van der Waals surface area contributed by atoms with Crippen LogP contribution in [0.15, 0.2) is 170 Å². The fourth-order valence-electron chi connectivity index (χ4n) is 8.18. The number of hydrogen-bond donors (Lipinski definition) is 0. The molecule has 0 fully saturated rings. The molecule has 0 radical (unpaired) electrons. The Bertz CT molecular complexity index is 2650. The minimum Gasteiger partial charge on any atom is -0.310 e. The second kappa shape index (κ2) is 14.9. The third-order valence-electron chi connectivity index (χ3n) is 10.6. The smallest absolute Gasteiger partial charge is 0.101 e. The molecular weight excluding hydrogens is 657 g/mol. The Morgan fingerprint density at radius 2 is 1.41 bits per heavy atom. The standard InChI is InChI=1S/C50H38N4/c1-3-14-43(42(4-2)35-17-9-6-10-18-35)38-23-24-48-46(30-38)47-33-53-26-25-49(47)54(48)50-40(31-51)28-39(29-41(50)32-52)45-22-12-11-21-44(45)37-20-13-19-36(27-37)34-15-7-5-8-16-34/h3,5-22,25-30,33,42H,1,4,23-24H2,2H3/b43-14-. The highest BCUT2D eigenvalue weighted by Crippen LogP contribution is 2.43. The van der Waals surface area contributed by atoms with Gasteiger partial charge in [-0.15, -0.1) is 0 Å². The number of fused-ring (bicyclic) bond motifs is 3. The second-order valence-electron chi connectivity index (χ2n) is 13.6. The van der Waals surface area contributed by atoms with Crippen LogP contribution in [0, 0.1) is 22.7 Å². The molecule has 0 bridgehead atoms.